The highest BCUT2D eigenvalue weighted by molar-refractivity contribution is 5.47. The Morgan fingerprint density at radius 1 is 0.540 bits per heavy atom. The van der Waals surface area contributed by atoms with Crippen molar-refractivity contribution in [2.24, 2.45) is 59.2 Å². The van der Waals surface area contributed by atoms with E-state index >= 15 is 0 Å². The van der Waals surface area contributed by atoms with Crippen LogP contribution in [0.5, 0.6) is 0 Å². The minimum atomic E-state index is 0.663. The first-order chi connectivity index (χ1) is 24.7. The minimum Gasteiger partial charge on any atom is -0.348 e. The van der Waals surface area contributed by atoms with E-state index in [1.54, 1.807) is 33.7 Å². The first kappa shape index (κ1) is 31.9. The van der Waals surface area contributed by atoms with Crippen LogP contribution in [0.1, 0.15) is 116 Å². The molecule has 1 nitrogen and oxygen atoms in total. The van der Waals surface area contributed by atoms with Crippen LogP contribution in [0.2, 0.25) is 0 Å². The van der Waals surface area contributed by atoms with Crippen LogP contribution in [0.15, 0.2) is 118 Å². The average molecular weight is 664 g/mol. The van der Waals surface area contributed by atoms with Gasteiger partial charge in [-0.1, -0.05) is 79.0 Å². The molecule has 9 aliphatic carbocycles. The third-order valence-corrected chi connectivity index (χ3v) is 15.5. The highest BCUT2D eigenvalue weighted by atomic mass is 15.2. The van der Waals surface area contributed by atoms with E-state index in [4.69, 9.17) is 0 Å². The number of hydrogen-bond acceptors (Lipinski definition) is 1. The van der Waals surface area contributed by atoms with Gasteiger partial charge in [0.1, 0.15) is 0 Å². The molecule has 0 saturated heterocycles. The number of nitrogens with zero attached hydrogens (tertiary/aromatic N) is 1. The summed E-state index contributed by atoms with van der Waals surface area (Å²) in [7, 11) is 0. The maximum atomic E-state index is 2.82. The predicted octanol–water partition coefficient (Wildman–Crippen LogP) is 12.7. The first-order valence-corrected chi connectivity index (χ1v) is 21.5. The standard InChI is InChI=1S/C49H61N/c1-2-10-46(11-3-1)50-32-45-25-24-44(31-48(45)47-12-6-7-13-49(47)50)43-23-22-41-29-40(20-21-42(41)30-43)39-19-18-37-27-36(16-17-38(37)28-39)35-15-14-33-8-4-5-9-34(33)26-35/h8,10,14-15,18-19,21-25,27,29,34-36,38-40,43-45,48H,1-7,9,11-13,16-17,20,26,28,30-32H2/t34?,35?,36-,38-,39?,40-,43-,44+,45+,48?/m0/s1. The minimum absolute atomic E-state index is 0.663. The molecule has 0 aromatic carbocycles. The summed E-state index contributed by atoms with van der Waals surface area (Å²) in [5, 5.41) is 0. The summed E-state index contributed by atoms with van der Waals surface area (Å²) in [6.07, 6.45) is 58.3. The summed E-state index contributed by atoms with van der Waals surface area (Å²) in [6, 6.07) is 0. The molecule has 0 N–H and O–H groups in total. The van der Waals surface area contributed by atoms with Crippen molar-refractivity contribution < 1.29 is 0 Å². The van der Waals surface area contributed by atoms with Crippen LogP contribution in [0.3, 0.4) is 0 Å². The van der Waals surface area contributed by atoms with E-state index in [1.165, 1.54) is 122 Å². The molecule has 0 radical (unpaired) electrons. The molecule has 1 aliphatic heterocycles. The molecule has 1 heterocycles. The highest BCUT2D eigenvalue weighted by Crippen LogP contribution is 2.51. The van der Waals surface area contributed by atoms with E-state index in [0.717, 1.165) is 29.6 Å². The number of hydrogen-bond donors (Lipinski definition) is 0. The van der Waals surface area contributed by atoms with Crippen molar-refractivity contribution >= 4 is 0 Å². The van der Waals surface area contributed by atoms with Gasteiger partial charge in [-0.2, -0.15) is 0 Å². The Labute approximate surface area is 303 Å². The van der Waals surface area contributed by atoms with Crippen LogP contribution < -0.4 is 0 Å². The smallest absolute Gasteiger partial charge is 0.0293 e. The summed E-state index contributed by atoms with van der Waals surface area (Å²) in [5.41, 5.74) is 11.8. The molecule has 50 heavy (non-hydrogen) atoms. The summed E-state index contributed by atoms with van der Waals surface area (Å²) >= 11 is 0. The fourth-order valence-electron chi connectivity index (χ4n) is 12.6. The van der Waals surface area contributed by atoms with E-state index in [1.807, 2.05) is 5.57 Å². The molecule has 1 heteroatoms. The van der Waals surface area contributed by atoms with Crippen LogP contribution in [0, 0.1) is 59.2 Å². The van der Waals surface area contributed by atoms with Gasteiger partial charge in [-0.3, -0.25) is 0 Å². The van der Waals surface area contributed by atoms with E-state index in [0.29, 0.717) is 29.6 Å². The molecule has 0 aromatic rings. The van der Waals surface area contributed by atoms with Crippen LogP contribution in [-0.2, 0) is 0 Å². The Balaban J connectivity index is 0.800. The van der Waals surface area contributed by atoms with E-state index in [-0.39, 0.29) is 0 Å². The van der Waals surface area contributed by atoms with E-state index in [9.17, 15) is 0 Å². The molecule has 0 fully saturated rings. The summed E-state index contributed by atoms with van der Waals surface area (Å²) in [6.45, 7) is 1.24. The van der Waals surface area contributed by atoms with Gasteiger partial charge in [0.25, 0.3) is 0 Å². The second kappa shape index (κ2) is 13.6. The molecule has 0 amide bonds. The van der Waals surface area contributed by atoms with Gasteiger partial charge >= 0.3 is 0 Å². The fraction of sp³-hybridized carbons (Fsp3) is 0.592. The lowest BCUT2D eigenvalue weighted by atomic mass is 9.64. The molecule has 10 atom stereocenters. The molecule has 10 rings (SSSR count). The molecule has 4 unspecified atom stereocenters. The van der Waals surface area contributed by atoms with Crippen molar-refractivity contribution in [3.63, 3.8) is 0 Å². The normalized spacial score (nSPS) is 40.6. The molecule has 0 spiro atoms. The number of fused-ring (bicyclic) bond motifs is 5. The Morgan fingerprint density at radius 2 is 1.32 bits per heavy atom. The van der Waals surface area contributed by atoms with Gasteiger partial charge in [0.05, 0.1) is 0 Å². The van der Waals surface area contributed by atoms with Crippen LogP contribution in [0.25, 0.3) is 0 Å². The van der Waals surface area contributed by atoms with Gasteiger partial charge in [-0.05, 0) is 197 Å². The van der Waals surface area contributed by atoms with Gasteiger partial charge < -0.3 is 4.90 Å². The Kier molecular flexibility index (Phi) is 8.70. The third kappa shape index (κ3) is 6.01. The first-order valence-electron chi connectivity index (χ1n) is 21.5. The van der Waals surface area contributed by atoms with Crippen molar-refractivity contribution in [1.29, 1.82) is 0 Å². The molecule has 0 aromatic heterocycles. The molecule has 262 valence electrons. The van der Waals surface area contributed by atoms with Crippen LogP contribution in [0.4, 0.5) is 0 Å². The summed E-state index contributed by atoms with van der Waals surface area (Å²) in [4.78, 5) is 2.82. The summed E-state index contributed by atoms with van der Waals surface area (Å²) < 4.78 is 0. The lowest BCUT2D eigenvalue weighted by Crippen LogP contribution is -2.42. The maximum Gasteiger partial charge on any atom is 0.0293 e. The van der Waals surface area contributed by atoms with Crippen molar-refractivity contribution in [2.45, 2.75) is 116 Å². The quantitative estimate of drug-likeness (QED) is 0.271. The topological polar surface area (TPSA) is 3.24 Å². The van der Waals surface area contributed by atoms with Crippen molar-refractivity contribution in [3.05, 3.63) is 118 Å². The zero-order valence-corrected chi connectivity index (χ0v) is 30.7. The molecule has 10 aliphatic rings. The highest BCUT2D eigenvalue weighted by Gasteiger charge is 2.41. The van der Waals surface area contributed by atoms with Crippen LogP contribution in [-0.4, -0.2) is 11.4 Å². The monoisotopic (exact) mass is 663 g/mol. The maximum absolute atomic E-state index is 2.82. The van der Waals surface area contributed by atoms with Crippen molar-refractivity contribution in [1.82, 2.24) is 4.90 Å². The summed E-state index contributed by atoms with van der Waals surface area (Å²) in [5.74, 6) is 7.34. The van der Waals surface area contributed by atoms with E-state index in [2.05, 4.69) is 83.9 Å². The second-order valence-corrected chi connectivity index (χ2v) is 18.2. The lowest BCUT2D eigenvalue weighted by molar-refractivity contribution is 0.206. The predicted molar refractivity (Wildman–Crippen MR) is 209 cm³/mol. The molecular weight excluding hydrogens is 603 g/mol. The Hall–Kier alpha value is -2.80. The Bertz CT molecular complexity index is 1660. The van der Waals surface area contributed by atoms with Crippen molar-refractivity contribution in [3.8, 4) is 0 Å². The van der Waals surface area contributed by atoms with Gasteiger partial charge in [-0.15, -0.1) is 0 Å². The Morgan fingerprint density at radius 3 is 2.24 bits per heavy atom. The SMILES string of the molecule is C1=C[C@H]([C@@H]2C=C[C@@H]3CN(C4=CCCCC4)C4=C(CCCC4)C3C2)CC2=CC[C@H](C3C=CC4=C[C@@H](C5C=CC6=CCCCC6C5)CC[C@H]4C3)C=C12. The number of rotatable bonds is 4. The second-order valence-electron chi connectivity index (χ2n) is 18.2. The molecule has 0 bridgehead atoms. The van der Waals surface area contributed by atoms with Crippen molar-refractivity contribution in [2.75, 3.05) is 6.54 Å². The van der Waals surface area contributed by atoms with Crippen LogP contribution >= 0.6 is 0 Å². The number of allylic oxidation sites excluding steroid dienone is 19. The van der Waals surface area contributed by atoms with Gasteiger partial charge in [0, 0.05) is 23.9 Å². The molecular formula is C49H61N. The average Bonchev–Trinajstić information content (AvgIpc) is 3.19. The molecule has 0 saturated carbocycles. The fourth-order valence-corrected chi connectivity index (χ4v) is 12.6. The van der Waals surface area contributed by atoms with Gasteiger partial charge in [-0.25, -0.2) is 0 Å². The van der Waals surface area contributed by atoms with Gasteiger partial charge in [0.2, 0.25) is 0 Å². The largest absolute Gasteiger partial charge is 0.348 e. The zero-order valence-electron chi connectivity index (χ0n) is 30.7. The van der Waals surface area contributed by atoms with E-state index < -0.39 is 0 Å². The van der Waals surface area contributed by atoms with Gasteiger partial charge in [0.15, 0.2) is 0 Å². The third-order valence-electron chi connectivity index (χ3n) is 15.5. The lowest BCUT2D eigenvalue weighted by Gasteiger charge is -2.48. The zero-order chi connectivity index (χ0) is 33.0.